The largest absolute Gasteiger partial charge is 0.480 e. The minimum atomic E-state index is -0.729. The molecule has 1 aliphatic heterocycles. The van der Waals surface area contributed by atoms with Crippen molar-refractivity contribution in [3.63, 3.8) is 0 Å². The van der Waals surface area contributed by atoms with Gasteiger partial charge in [0.15, 0.2) is 0 Å². The smallest absolute Gasteiger partial charge is 0.317 e. The molecule has 6 nitrogen and oxygen atoms in total. The lowest BCUT2D eigenvalue weighted by atomic mass is 9.96. The Hall–Kier alpha value is -0.690. The summed E-state index contributed by atoms with van der Waals surface area (Å²) in [5, 5.41) is 21.2. The van der Waals surface area contributed by atoms with Gasteiger partial charge in [0.2, 0.25) is 0 Å². The van der Waals surface area contributed by atoms with Crippen LogP contribution in [0, 0.1) is 23.7 Å². The van der Waals surface area contributed by atoms with Crippen molar-refractivity contribution in [1.82, 2.24) is 20.9 Å². The van der Waals surface area contributed by atoms with Crippen LogP contribution in [0.1, 0.15) is 81.1 Å². The maximum absolute atomic E-state index is 11.8. The number of aliphatic carboxylic acids is 1. The Morgan fingerprint density at radius 2 is 1.12 bits per heavy atom. The van der Waals surface area contributed by atoms with Crippen LogP contribution in [0.3, 0.4) is 0 Å². The van der Waals surface area contributed by atoms with Gasteiger partial charge in [-0.3, -0.25) is 9.69 Å². The summed E-state index contributed by atoms with van der Waals surface area (Å²) in [6.45, 7) is 21.8. The van der Waals surface area contributed by atoms with Gasteiger partial charge in [0.1, 0.15) is 0 Å². The molecule has 190 valence electrons. The van der Waals surface area contributed by atoms with Gasteiger partial charge in [-0.1, -0.05) is 55.4 Å². The molecule has 0 aliphatic carbocycles. The minimum absolute atomic E-state index is 0.109. The number of hydrogen-bond acceptors (Lipinski definition) is 5. The van der Waals surface area contributed by atoms with Crippen LogP contribution in [-0.4, -0.2) is 72.9 Å². The quantitative estimate of drug-likeness (QED) is 0.402. The second-order valence-corrected chi connectivity index (χ2v) is 11.8. The van der Waals surface area contributed by atoms with Crippen LogP contribution in [0.25, 0.3) is 0 Å². The number of nitrogens with zero attached hydrogens (tertiary/aromatic N) is 1. The molecular formula is C26H54N4O2. The molecule has 32 heavy (non-hydrogen) atoms. The van der Waals surface area contributed by atoms with Crippen LogP contribution < -0.4 is 16.0 Å². The van der Waals surface area contributed by atoms with E-state index in [1.807, 2.05) is 0 Å². The number of nitrogens with one attached hydrogen (secondary N) is 3. The van der Waals surface area contributed by atoms with Gasteiger partial charge in [-0.2, -0.15) is 0 Å². The molecule has 6 heteroatoms. The third kappa shape index (κ3) is 13.1. The van der Waals surface area contributed by atoms with Crippen LogP contribution >= 0.6 is 0 Å². The molecule has 4 atom stereocenters. The number of hydrogen-bond donors (Lipinski definition) is 4. The molecule has 1 aliphatic rings. The molecule has 0 radical (unpaired) electrons. The third-order valence-electron chi connectivity index (χ3n) is 6.27. The first kappa shape index (κ1) is 29.3. The normalized spacial score (nSPS) is 27.1. The van der Waals surface area contributed by atoms with Crippen LogP contribution in [-0.2, 0) is 4.79 Å². The Balaban J connectivity index is 3.16. The van der Waals surface area contributed by atoms with E-state index in [2.05, 4.69) is 76.2 Å². The van der Waals surface area contributed by atoms with Crippen molar-refractivity contribution in [2.45, 2.75) is 105 Å². The molecular weight excluding hydrogens is 400 g/mol. The van der Waals surface area contributed by atoms with Crippen LogP contribution in [0.15, 0.2) is 0 Å². The highest BCUT2D eigenvalue weighted by Gasteiger charge is 2.27. The van der Waals surface area contributed by atoms with E-state index in [9.17, 15) is 9.90 Å². The number of rotatable bonds is 10. The van der Waals surface area contributed by atoms with E-state index < -0.39 is 5.97 Å². The predicted octanol–water partition coefficient (Wildman–Crippen LogP) is 3.81. The number of carboxylic acid groups (broad SMARTS) is 1. The Morgan fingerprint density at radius 1 is 0.719 bits per heavy atom. The zero-order valence-electron chi connectivity index (χ0n) is 22.3. The van der Waals surface area contributed by atoms with Crippen LogP contribution in [0.2, 0.25) is 0 Å². The summed E-state index contributed by atoms with van der Waals surface area (Å²) in [4.78, 5) is 14.0. The highest BCUT2D eigenvalue weighted by atomic mass is 16.4. The summed E-state index contributed by atoms with van der Waals surface area (Å²) in [7, 11) is 0. The monoisotopic (exact) mass is 454 g/mol. The maximum atomic E-state index is 11.8. The summed E-state index contributed by atoms with van der Waals surface area (Å²) in [6, 6.07) is 1.35. The molecule has 4 N–H and O–H groups in total. The van der Waals surface area contributed by atoms with Gasteiger partial charge in [-0.25, -0.2) is 0 Å². The summed E-state index contributed by atoms with van der Waals surface area (Å²) in [6.07, 6.45) is 4.33. The SMILES string of the molecule is CC(C)C[C@H]1CN[C@@H](CC(C)C)CN(CC(=O)O)[C@@H](CC(C)C)CN[C@@H](CC(C)C)CN1. The summed E-state index contributed by atoms with van der Waals surface area (Å²) >= 11 is 0. The van der Waals surface area contributed by atoms with Gasteiger partial charge < -0.3 is 21.1 Å². The lowest BCUT2D eigenvalue weighted by Gasteiger charge is -2.38. The van der Waals surface area contributed by atoms with Gasteiger partial charge >= 0.3 is 5.97 Å². The predicted molar refractivity (Wildman–Crippen MR) is 136 cm³/mol. The fraction of sp³-hybridized carbons (Fsp3) is 0.962. The standard InChI is InChI=1S/C26H54N4O2/c1-18(2)9-22-14-28-24(11-20(5)6)16-30(17-26(31)32)25(12-21(7)8)15-29-23(13-27-22)10-19(3)4/h18-25,27-29H,9-17H2,1-8H3,(H,31,32)/t22-,23-,24-,25-/m0/s1. The molecule has 0 bridgehead atoms. The Labute approximate surface area is 198 Å². The van der Waals surface area contributed by atoms with Crippen molar-refractivity contribution >= 4 is 5.97 Å². The van der Waals surface area contributed by atoms with Crippen molar-refractivity contribution in [3.05, 3.63) is 0 Å². The van der Waals surface area contributed by atoms with E-state index in [0.29, 0.717) is 41.8 Å². The molecule has 0 unspecified atom stereocenters. The third-order valence-corrected chi connectivity index (χ3v) is 6.27. The van der Waals surface area contributed by atoms with Gasteiger partial charge in [0.25, 0.3) is 0 Å². The fourth-order valence-corrected chi connectivity index (χ4v) is 5.03. The fourth-order valence-electron chi connectivity index (χ4n) is 5.03. The molecule has 0 amide bonds. The molecule has 0 saturated carbocycles. The van der Waals surface area contributed by atoms with E-state index in [-0.39, 0.29) is 12.6 Å². The highest BCUT2D eigenvalue weighted by Crippen LogP contribution is 2.17. The van der Waals surface area contributed by atoms with E-state index >= 15 is 0 Å². The van der Waals surface area contributed by atoms with Gasteiger partial charge in [0.05, 0.1) is 6.54 Å². The topological polar surface area (TPSA) is 76.6 Å². The average Bonchev–Trinajstić information content (AvgIpc) is 2.63. The number of carbonyl (C=O) groups is 1. The Bertz CT molecular complexity index is 510. The van der Waals surface area contributed by atoms with Gasteiger partial charge in [0, 0.05) is 50.3 Å². The highest BCUT2D eigenvalue weighted by molar-refractivity contribution is 5.69. The molecule has 0 aromatic rings. The van der Waals surface area contributed by atoms with E-state index in [0.717, 1.165) is 51.9 Å². The first-order valence-corrected chi connectivity index (χ1v) is 13.1. The van der Waals surface area contributed by atoms with Crippen molar-refractivity contribution in [3.8, 4) is 0 Å². The molecule has 1 saturated heterocycles. The first-order chi connectivity index (χ1) is 15.0. The molecule has 1 heterocycles. The van der Waals surface area contributed by atoms with Crippen LogP contribution in [0.4, 0.5) is 0 Å². The van der Waals surface area contributed by atoms with E-state index in [1.165, 1.54) is 0 Å². The van der Waals surface area contributed by atoms with Crippen molar-refractivity contribution in [2.75, 3.05) is 32.7 Å². The molecule has 1 fully saturated rings. The first-order valence-electron chi connectivity index (χ1n) is 13.1. The molecule has 0 aromatic heterocycles. The Kier molecular flexibility index (Phi) is 14.0. The summed E-state index contributed by atoms with van der Waals surface area (Å²) < 4.78 is 0. The van der Waals surface area contributed by atoms with E-state index in [4.69, 9.17) is 0 Å². The lowest BCUT2D eigenvalue weighted by Crippen LogP contribution is -2.56. The lowest BCUT2D eigenvalue weighted by molar-refractivity contribution is -0.139. The van der Waals surface area contributed by atoms with E-state index in [1.54, 1.807) is 0 Å². The molecule has 1 rings (SSSR count). The van der Waals surface area contributed by atoms with Crippen LogP contribution in [0.5, 0.6) is 0 Å². The number of carboxylic acids is 1. The minimum Gasteiger partial charge on any atom is -0.480 e. The zero-order valence-corrected chi connectivity index (χ0v) is 22.3. The zero-order chi connectivity index (χ0) is 24.3. The maximum Gasteiger partial charge on any atom is 0.317 e. The summed E-state index contributed by atoms with van der Waals surface area (Å²) in [5.41, 5.74) is 0. The van der Waals surface area contributed by atoms with Gasteiger partial charge in [-0.05, 0) is 49.4 Å². The second-order valence-electron chi connectivity index (χ2n) is 11.8. The van der Waals surface area contributed by atoms with Crippen molar-refractivity contribution in [2.24, 2.45) is 23.7 Å². The molecule has 0 aromatic carbocycles. The summed E-state index contributed by atoms with van der Waals surface area (Å²) in [5.74, 6) is 1.63. The Morgan fingerprint density at radius 3 is 1.56 bits per heavy atom. The second kappa shape index (κ2) is 15.3. The van der Waals surface area contributed by atoms with Crippen molar-refractivity contribution in [1.29, 1.82) is 0 Å². The van der Waals surface area contributed by atoms with Crippen molar-refractivity contribution < 1.29 is 9.90 Å². The van der Waals surface area contributed by atoms with Gasteiger partial charge in [-0.15, -0.1) is 0 Å². The average molecular weight is 455 g/mol. The molecule has 0 spiro atoms.